The normalized spacial score (nSPS) is 36.5. The summed E-state index contributed by atoms with van der Waals surface area (Å²) in [4.78, 5) is 14.6. The highest BCUT2D eigenvalue weighted by Crippen LogP contribution is 2.73. The molecule has 1 aliphatic heterocycles. The van der Waals surface area contributed by atoms with Gasteiger partial charge < -0.3 is 20.1 Å². The highest BCUT2D eigenvalue weighted by Gasteiger charge is 2.66. The molecule has 1 aromatic carbocycles. The zero-order valence-electron chi connectivity index (χ0n) is 37.4. The predicted molar refractivity (Wildman–Crippen MR) is 234 cm³/mol. The van der Waals surface area contributed by atoms with Gasteiger partial charge in [-0.05, 0) is 139 Å². The number of allylic oxidation sites excluding steroid dienone is 2. The molecule has 5 aliphatic carbocycles. The summed E-state index contributed by atoms with van der Waals surface area (Å²) in [6, 6.07) is 8.07. The van der Waals surface area contributed by atoms with Crippen LogP contribution in [0.3, 0.4) is 0 Å². The van der Waals surface area contributed by atoms with Crippen LogP contribution in [0.2, 0.25) is 0 Å². The van der Waals surface area contributed by atoms with E-state index in [1.54, 1.807) is 0 Å². The number of aliphatic hydroxyl groups excluding tert-OH is 1. The Morgan fingerprint density at radius 3 is 2.18 bits per heavy atom. The zero-order chi connectivity index (χ0) is 41.5. The number of hydrogen-bond acceptors (Lipinski definition) is 6. The number of rotatable bonds is 8. The molecule has 1 saturated heterocycles. The van der Waals surface area contributed by atoms with Crippen molar-refractivity contribution in [3.63, 3.8) is 0 Å². The number of aliphatic hydroxyl groups is 1. The fourth-order valence-corrected chi connectivity index (χ4v) is 14.9. The van der Waals surface area contributed by atoms with E-state index < -0.39 is 10.8 Å². The van der Waals surface area contributed by atoms with Gasteiger partial charge in [0.25, 0.3) is 0 Å². The zero-order valence-corrected chi connectivity index (χ0v) is 38.2. The van der Waals surface area contributed by atoms with Gasteiger partial charge in [0.2, 0.25) is 0 Å². The summed E-state index contributed by atoms with van der Waals surface area (Å²) in [6.45, 7) is 24.5. The van der Waals surface area contributed by atoms with Crippen molar-refractivity contribution in [2.45, 2.75) is 132 Å². The lowest BCUT2D eigenvalue weighted by Gasteiger charge is -2.68. The second-order valence-corrected chi connectivity index (χ2v) is 20.7. The van der Waals surface area contributed by atoms with E-state index in [9.17, 15) is 13.4 Å². The average molecular weight is 801 g/mol. The summed E-state index contributed by atoms with van der Waals surface area (Å²) >= 11 is 0. The van der Waals surface area contributed by atoms with Crippen molar-refractivity contribution >= 4 is 22.3 Å². The Bertz CT molecular complexity index is 1460. The molecule has 4 saturated carbocycles. The van der Waals surface area contributed by atoms with Crippen LogP contribution in [0.5, 0.6) is 0 Å². The van der Waals surface area contributed by atoms with Crippen molar-refractivity contribution in [1.29, 1.82) is 0 Å². The van der Waals surface area contributed by atoms with E-state index in [0.29, 0.717) is 46.5 Å². The minimum atomic E-state index is -0.638. The summed E-state index contributed by atoms with van der Waals surface area (Å²) in [5, 5.41) is 11.2. The van der Waals surface area contributed by atoms with Crippen LogP contribution in [0.15, 0.2) is 30.3 Å². The third-order valence-electron chi connectivity index (χ3n) is 16.0. The number of benzene rings is 1. The van der Waals surface area contributed by atoms with Crippen molar-refractivity contribution in [2.24, 2.45) is 57.7 Å². The molecular weight excluding hydrogens is 720 g/mol. The molecule has 0 amide bonds. The molecule has 6 nitrogen and oxygen atoms in total. The molecule has 1 heterocycles. The number of hydrogen-bond donors (Lipinski definition) is 2. The van der Waals surface area contributed by atoms with Gasteiger partial charge in [-0.2, -0.15) is 0 Å². The molecule has 8 unspecified atom stereocenters. The van der Waals surface area contributed by atoms with E-state index >= 15 is 0 Å². The number of methoxy groups -OCH3 is 1. The molecule has 56 heavy (non-hydrogen) atoms. The Morgan fingerprint density at radius 1 is 0.946 bits per heavy atom. The van der Waals surface area contributed by atoms with Crippen molar-refractivity contribution in [2.75, 3.05) is 58.6 Å². The fraction of sp³-hybridized carbons (Fsp3) is 0.812. The van der Waals surface area contributed by atoms with Crippen LogP contribution in [0.4, 0.5) is 4.39 Å². The van der Waals surface area contributed by atoms with Crippen LogP contribution in [-0.4, -0.2) is 84.3 Å². The van der Waals surface area contributed by atoms with Crippen LogP contribution in [0, 0.1) is 57.7 Å². The van der Waals surface area contributed by atoms with Crippen molar-refractivity contribution in [1.82, 2.24) is 10.2 Å². The molecule has 320 valence electrons. The fourth-order valence-electron chi connectivity index (χ4n) is 13.7. The van der Waals surface area contributed by atoms with E-state index in [4.69, 9.17) is 9.84 Å². The molecule has 6 aliphatic rings. The topological polar surface area (TPSA) is 78.9 Å². The molecule has 1 aromatic rings. The molecule has 10 atom stereocenters. The number of fused-ring (bicyclic) bond motifs is 7. The highest BCUT2D eigenvalue weighted by molar-refractivity contribution is 7.85. The second-order valence-electron chi connectivity index (χ2n) is 19.0. The van der Waals surface area contributed by atoms with E-state index in [0.717, 1.165) is 57.6 Å². The number of alkyl halides is 1. The number of carbonyl (C=O) groups excluding carboxylic acids is 1. The molecule has 0 spiro atoms. The molecule has 8 heteroatoms. The molecule has 7 rings (SSSR count). The van der Waals surface area contributed by atoms with Gasteiger partial charge in [0, 0.05) is 61.1 Å². The van der Waals surface area contributed by atoms with Crippen LogP contribution in [0.25, 0.3) is 5.57 Å². The van der Waals surface area contributed by atoms with Gasteiger partial charge in [-0.15, -0.1) is 0 Å². The van der Waals surface area contributed by atoms with Crippen molar-refractivity contribution in [3.05, 3.63) is 41.5 Å². The van der Waals surface area contributed by atoms with Crippen LogP contribution >= 0.6 is 0 Å². The Hall–Kier alpha value is -1.61. The molecule has 0 radical (unpaired) electrons. The lowest BCUT2D eigenvalue weighted by molar-refractivity contribution is -0.177. The Balaban J connectivity index is 0.000000936. The van der Waals surface area contributed by atoms with E-state index in [2.05, 4.69) is 76.9 Å². The van der Waals surface area contributed by atoms with E-state index in [-0.39, 0.29) is 34.9 Å². The number of carbonyl (C=O) groups is 1. The Kier molecular flexibility index (Phi) is 16.9. The quantitative estimate of drug-likeness (QED) is 0.255. The minimum absolute atomic E-state index is 0.0418. The van der Waals surface area contributed by atoms with Gasteiger partial charge in [-0.1, -0.05) is 86.9 Å². The standard InChI is InChI=1S/C42H63FN2O3S.C3H8.C2H6.CH4O/c1-28(27-43)31-13-19-42(44-21-22-45-23-25-49(47)26-24-45)20-15-34-32(37(31)42)11-12-36-40(34,4)18-16-35-39(2,3)33(14-17-41(35,36)5)29-7-9-30(10-8-29)38(46)48-6;1-3-2;2*1-2/h7-10,14,28,31-32,34-37,44H,11-13,15-27H2,1-6H3;3H2,1-2H3;1-2H3;2H,1H3/t28?,31-,32?,34?,35?,36-,37?,40?,41?,42?;;;/m0.../s1. The number of halogens is 1. The van der Waals surface area contributed by atoms with Crippen LogP contribution in [0.1, 0.15) is 142 Å². The monoisotopic (exact) mass is 801 g/mol. The Morgan fingerprint density at radius 2 is 1.57 bits per heavy atom. The maximum Gasteiger partial charge on any atom is 0.337 e. The number of ether oxygens (including phenoxy) is 1. The summed E-state index contributed by atoms with van der Waals surface area (Å²) in [7, 11) is 1.80. The van der Waals surface area contributed by atoms with E-state index in [1.165, 1.54) is 69.6 Å². The largest absolute Gasteiger partial charge is 0.465 e. The lowest BCUT2D eigenvalue weighted by atomic mass is 9.36. The summed E-state index contributed by atoms with van der Waals surface area (Å²) in [5.41, 5.74) is 4.03. The second kappa shape index (κ2) is 20.1. The van der Waals surface area contributed by atoms with Crippen LogP contribution in [-0.2, 0) is 15.5 Å². The van der Waals surface area contributed by atoms with Crippen LogP contribution < -0.4 is 5.32 Å². The first-order valence-corrected chi connectivity index (χ1v) is 24.0. The first kappa shape index (κ1) is 47.1. The summed E-state index contributed by atoms with van der Waals surface area (Å²) < 4.78 is 31.4. The predicted octanol–water partition coefficient (Wildman–Crippen LogP) is 10.2. The van der Waals surface area contributed by atoms with Gasteiger partial charge in [0.15, 0.2) is 0 Å². The van der Waals surface area contributed by atoms with Crippen molar-refractivity contribution in [3.8, 4) is 0 Å². The third kappa shape index (κ3) is 8.94. The van der Waals surface area contributed by atoms with Gasteiger partial charge in [0.05, 0.1) is 19.3 Å². The molecule has 0 aromatic heterocycles. The first-order chi connectivity index (χ1) is 26.8. The van der Waals surface area contributed by atoms with E-state index in [1.807, 2.05) is 26.0 Å². The SMILES string of the molecule is CC.CCC.CO.COC(=O)c1ccc(C2=CCC3(C)C(CCC4(C)C5CCC6(NCCN7CCS(=O)CC7)CC[C@@H](C(C)CF)C6C5CC[C@@H]43)C2(C)C)cc1. The molecule has 2 N–H and O–H groups in total. The summed E-state index contributed by atoms with van der Waals surface area (Å²) in [5.74, 6) is 5.21. The maximum absolute atomic E-state index is 14.5. The Labute approximate surface area is 344 Å². The van der Waals surface area contributed by atoms with Gasteiger partial charge in [0.1, 0.15) is 0 Å². The van der Waals surface area contributed by atoms with Gasteiger partial charge in [-0.25, -0.2) is 4.79 Å². The lowest BCUT2D eigenvalue weighted by Crippen LogP contribution is -2.64. The molecular formula is C48H81FN2O4S. The minimum Gasteiger partial charge on any atom is -0.465 e. The van der Waals surface area contributed by atoms with Crippen molar-refractivity contribution < 1.29 is 23.2 Å². The number of nitrogens with zero attached hydrogens (tertiary/aromatic N) is 1. The third-order valence-corrected chi connectivity index (χ3v) is 17.3. The summed E-state index contributed by atoms with van der Waals surface area (Å²) in [6.07, 6.45) is 15.0. The van der Waals surface area contributed by atoms with Gasteiger partial charge in [-0.3, -0.25) is 8.60 Å². The molecule has 5 fully saturated rings. The number of nitrogens with one attached hydrogen (secondary N) is 1. The maximum atomic E-state index is 14.5. The molecule has 0 bridgehead atoms. The number of esters is 1. The highest BCUT2D eigenvalue weighted by atomic mass is 32.2. The smallest absolute Gasteiger partial charge is 0.337 e. The first-order valence-electron chi connectivity index (χ1n) is 22.5. The average Bonchev–Trinajstić information content (AvgIpc) is 3.60. The van der Waals surface area contributed by atoms with Gasteiger partial charge >= 0.3 is 5.97 Å².